The third-order valence-corrected chi connectivity index (χ3v) is 3.44. The summed E-state index contributed by atoms with van der Waals surface area (Å²) in [6.07, 6.45) is 1.89. The van der Waals surface area contributed by atoms with Gasteiger partial charge in [0.25, 0.3) is 0 Å². The van der Waals surface area contributed by atoms with E-state index in [9.17, 15) is 0 Å². The van der Waals surface area contributed by atoms with Crippen molar-refractivity contribution in [2.75, 3.05) is 11.4 Å². The molecule has 1 aromatic heterocycles. The molecule has 0 N–H and O–H groups in total. The van der Waals surface area contributed by atoms with Crippen LogP contribution in [0.15, 0.2) is 36.5 Å². The number of para-hydroxylation sites is 1. The van der Waals surface area contributed by atoms with Gasteiger partial charge in [0.05, 0.1) is 23.5 Å². The van der Waals surface area contributed by atoms with Gasteiger partial charge in [-0.05, 0) is 19.1 Å². The molecule has 0 aliphatic rings. The standard InChI is InChI=1S/C16H20ClN3/c1-4-20(13-8-6-5-7-9-13)15-11-18-16(12(2)3)19-14(15)10-17/h5-9,11-12H,4,10H2,1-3H3. The summed E-state index contributed by atoms with van der Waals surface area (Å²) in [7, 11) is 0. The van der Waals surface area contributed by atoms with Crippen molar-refractivity contribution in [3.8, 4) is 0 Å². The van der Waals surface area contributed by atoms with E-state index in [4.69, 9.17) is 11.6 Å². The van der Waals surface area contributed by atoms with Crippen LogP contribution in [-0.4, -0.2) is 16.5 Å². The summed E-state index contributed by atoms with van der Waals surface area (Å²) in [6.45, 7) is 7.13. The van der Waals surface area contributed by atoms with Gasteiger partial charge in [-0.2, -0.15) is 0 Å². The summed E-state index contributed by atoms with van der Waals surface area (Å²) in [5.41, 5.74) is 3.00. The van der Waals surface area contributed by atoms with Gasteiger partial charge in [-0.15, -0.1) is 11.6 Å². The Morgan fingerprint density at radius 2 is 1.90 bits per heavy atom. The average molecular weight is 290 g/mol. The minimum Gasteiger partial charge on any atom is -0.339 e. The van der Waals surface area contributed by atoms with Gasteiger partial charge in [0.15, 0.2) is 0 Å². The lowest BCUT2D eigenvalue weighted by molar-refractivity contribution is 0.762. The first-order valence-electron chi connectivity index (χ1n) is 6.91. The van der Waals surface area contributed by atoms with E-state index in [2.05, 4.69) is 47.8 Å². The van der Waals surface area contributed by atoms with Gasteiger partial charge in [0.1, 0.15) is 5.82 Å². The fourth-order valence-corrected chi connectivity index (χ4v) is 2.32. The second-order valence-corrected chi connectivity index (χ2v) is 5.20. The van der Waals surface area contributed by atoms with Crippen molar-refractivity contribution < 1.29 is 0 Å². The van der Waals surface area contributed by atoms with Gasteiger partial charge in [-0.3, -0.25) is 0 Å². The summed E-state index contributed by atoms with van der Waals surface area (Å²) >= 11 is 6.08. The lowest BCUT2D eigenvalue weighted by Crippen LogP contribution is -2.19. The highest BCUT2D eigenvalue weighted by molar-refractivity contribution is 6.17. The van der Waals surface area contributed by atoms with E-state index in [0.717, 1.165) is 29.4 Å². The van der Waals surface area contributed by atoms with Crippen molar-refractivity contribution in [2.45, 2.75) is 32.6 Å². The van der Waals surface area contributed by atoms with Gasteiger partial charge >= 0.3 is 0 Å². The fraction of sp³-hybridized carbons (Fsp3) is 0.375. The molecule has 0 amide bonds. The zero-order valence-corrected chi connectivity index (χ0v) is 12.9. The van der Waals surface area contributed by atoms with E-state index >= 15 is 0 Å². The molecular formula is C16H20ClN3. The van der Waals surface area contributed by atoms with Crippen molar-refractivity contribution in [3.05, 3.63) is 48.0 Å². The minimum absolute atomic E-state index is 0.304. The molecule has 3 nitrogen and oxygen atoms in total. The summed E-state index contributed by atoms with van der Waals surface area (Å²) < 4.78 is 0. The van der Waals surface area contributed by atoms with Crippen LogP contribution in [0, 0.1) is 0 Å². The molecule has 0 spiro atoms. The Morgan fingerprint density at radius 1 is 1.20 bits per heavy atom. The number of hydrogen-bond donors (Lipinski definition) is 0. The SMILES string of the molecule is CCN(c1ccccc1)c1cnc(C(C)C)nc1CCl. The van der Waals surface area contributed by atoms with E-state index in [1.165, 1.54) is 0 Å². The molecule has 0 aliphatic carbocycles. The van der Waals surface area contributed by atoms with Crippen LogP contribution in [0.5, 0.6) is 0 Å². The van der Waals surface area contributed by atoms with E-state index in [-0.39, 0.29) is 0 Å². The Bertz CT molecular complexity index is 555. The highest BCUT2D eigenvalue weighted by Crippen LogP contribution is 2.28. The molecule has 0 radical (unpaired) electrons. The number of anilines is 2. The molecule has 0 fully saturated rings. The molecule has 2 rings (SSSR count). The first kappa shape index (κ1) is 14.8. The average Bonchev–Trinajstić information content (AvgIpc) is 2.49. The van der Waals surface area contributed by atoms with Crippen molar-refractivity contribution >= 4 is 23.0 Å². The zero-order chi connectivity index (χ0) is 14.5. The quantitative estimate of drug-likeness (QED) is 0.759. The van der Waals surface area contributed by atoms with Crippen LogP contribution in [-0.2, 0) is 5.88 Å². The molecule has 2 aromatic rings. The smallest absolute Gasteiger partial charge is 0.131 e. The van der Waals surface area contributed by atoms with Crippen LogP contribution in [0.1, 0.15) is 38.2 Å². The number of hydrogen-bond acceptors (Lipinski definition) is 3. The van der Waals surface area contributed by atoms with Gasteiger partial charge in [0, 0.05) is 18.2 Å². The molecular weight excluding hydrogens is 270 g/mol. The van der Waals surface area contributed by atoms with Gasteiger partial charge in [-0.1, -0.05) is 32.0 Å². The zero-order valence-electron chi connectivity index (χ0n) is 12.2. The molecule has 0 atom stereocenters. The molecule has 0 bridgehead atoms. The number of rotatable bonds is 5. The number of halogens is 1. The molecule has 0 unspecified atom stereocenters. The van der Waals surface area contributed by atoms with Crippen molar-refractivity contribution in [3.63, 3.8) is 0 Å². The predicted octanol–water partition coefficient (Wildman–Crippen LogP) is 4.50. The monoisotopic (exact) mass is 289 g/mol. The highest BCUT2D eigenvalue weighted by Gasteiger charge is 2.15. The lowest BCUT2D eigenvalue weighted by atomic mass is 10.2. The molecule has 1 heterocycles. The van der Waals surface area contributed by atoms with Crippen LogP contribution < -0.4 is 4.90 Å². The van der Waals surface area contributed by atoms with E-state index in [0.29, 0.717) is 11.8 Å². The lowest BCUT2D eigenvalue weighted by Gasteiger charge is -2.25. The maximum Gasteiger partial charge on any atom is 0.131 e. The Hall–Kier alpha value is -1.61. The largest absolute Gasteiger partial charge is 0.339 e. The summed E-state index contributed by atoms with van der Waals surface area (Å²) in [5.74, 6) is 1.53. The van der Waals surface area contributed by atoms with Crippen LogP contribution >= 0.6 is 11.6 Å². The van der Waals surface area contributed by atoms with Crippen LogP contribution in [0.4, 0.5) is 11.4 Å². The Balaban J connectivity index is 2.44. The normalized spacial score (nSPS) is 10.8. The first-order chi connectivity index (χ1) is 9.67. The topological polar surface area (TPSA) is 29.0 Å². The Kier molecular flexibility index (Phi) is 4.96. The number of nitrogens with zero attached hydrogens (tertiary/aromatic N) is 3. The van der Waals surface area contributed by atoms with Crippen LogP contribution in [0.25, 0.3) is 0 Å². The summed E-state index contributed by atoms with van der Waals surface area (Å²) in [5, 5.41) is 0. The van der Waals surface area contributed by atoms with Crippen molar-refractivity contribution in [1.82, 2.24) is 9.97 Å². The molecule has 0 saturated carbocycles. The molecule has 20 heavy (non-hydrogen) atoms. The molecule has 106 valence electrons. The van der Waals surface area contributed by atoms with E-state index < -0.39 is 0 Å². The highest BCUT2D eigenvalue weighted by atomic mass is 35.5. The van der Waals surface area contributed by atoms with Crippen LogP contribution in [0.3, 0.4) is 0 Å². The maximum atomic E-state index is 6.08. The summed E-state index contributed by atoms with van der Waals surface area (Å²) in [6, 6.07) is 10.2. The first-order valence-corrected chi connectivity index (χ1v) is 7.45. The van der Waals surface area contributed by atoms with E-state index in [1.54, 1.807) is 0 Å². The van der Waals surface area contributed by atoms with Crippen molar-refractivity contribution in [2.24, 2.45) is 0 Å². The minimum atomic E-state index is 0.304. The second-order valence-electron chi connectivity index (χ2n) is 4.93. The third kappa shape index (κ3) is 3.10. The van der Waals surface area contributed by atoms with Gasteiger partial charge < -0.3 is 4.90 Å². The predicted molar refractivity (Wildman–Crippen MR) is 84.8 cm³/mol. The van der Waals surface area contributed by atoms with Crippen LogP contribution in [0.2, 0.25) is 0 Å². The molecule has 1 aromatic carbocycles. The van der Waals surface area contributed by atoms with Crippen molar-refractivity contribution in [1.29, 1.82) is 0 Å². The number of aromatic nitrogens is 2. The third-order valence-electron chi connectivity index (χ3n) is 3.18. The van der Waals surface area contributed by atoms with Gasteiger partial charge in [0.2, 0.25) is 0 Å². The Labute approximate surface area is 125 Å². The number of benzene rings is 1. The molecule has 0 saturated heterocycles. The Morgan fingerprint density at radius 3 is 2.45 bits per heavy atom. The molecule has 4 heteroatoms. The molecule has 0 aliphatic heterocycles. The van der Waals surface area contributed by atoms with E-state index in [1.807, 2.05) is 24.4 Å². The fourth-order valence-electron chi connectivity index (χ4n) is 2.13. The second kappa shape index (κ2) is 6.71. The maximum absolute atomic E-state index is 6.08. The number of alkyl halides is 1. The van der Waals surface area contributed by atoms with Gasteiger partial charge in [-0.25, -0.2) is 9.97 Å². The summed E-state index contributed by atoms with van der Waals surface area (Å²) in [4.78, 5) is 11.3.